The molecule has 0 bridgehead atoms. The van der Waals surface area contributed by atoms with Crippen molar-refractivity contribution in [3.05, 3.63) is 29.8 Å². The Morgan fingerprint density at radius 1 is 1.17 bits per heavy atom. The Morgan fingerprint density at radius 3 is 1.94 bits per heavy atom. The Hall–Kier alpha value is -1.35. The van der Waals surface area contributed by atoms with Crippen LogP contribution in [0.5, 0.6) is 0 Å². The van der Waals surface area contributed by atoms with E-state index in [0.29, 0.717) is 0 Å². The highest BCUT2D eigenvalue weighted by molar-refractivity contribution is 8.45. The van der Waals surface area contributed by atoms with E-state index in [1.165, 1.54) is 0 Å². The van der Waals surface area contributed by atoms with Gasteiger partial charge < -0.3 is 10.8 Å². The molecule has 0 spiro atoms. The number of hydrogen-bond donors (Lipinski definition) is 2. The Kier molecular flexibility index (Phi) is 2.92. The summed E-state index contributed by atoms with van der Waals surface area (Å²) in [6.07, 6.45) is -0.240. The lowest BCUT2D eigenvalue weighted by atomic mass is 10.1. The molecule has 9 heteroatoms. The normalized spacial score (nSPS) is 17.7. The minimum absolute atomic E-state index is 0.135. The molecule has 0 fully saturated rings. The SMILES string of the molecule is N[C@H](Cc1ccc(S(F)(F)(F)(F)F)cc1)C(=O)O. The number of halogens is 5. The van der Waals surface area contributed by atoms with Gasteiger partial charge in [0, 0.05) is 0 Å². The molecule has 3 N–H and O–H groups in total. The van der Waals surface area contributed by atoms with Crippen LogP contribution >= 0.6 is 10.2 Å². The van der Waals surface area contributed by atoms with Gasteiger partial charge in [0.15, 0.2) is 0 Å². The molecule has 3 nitrogen and oxygen atoms in total. The van der Waals surface area contributed by atoms with Gasteiger partial charge in [-0.15, -0.1) is 0 Å². The number of rotatable bonds is 4. The summed E-state index contributed by atoms with van der Waals surface area (Å²) in [5.41, 5.74) is 5.30. The summed E-state index contributed by atoms with van der Waals surface area (Å²) in [7, 11) is -9.67. The first-order valence-corrected chi connectivity index (χ1v) is 6.56. The van der Waals surface area contributed by atoms with Crippen molar-refractivity contribution in [2.75, 3.05) is 0 Å². The van der Waals surface area contributed by atoms with Crippen molar-refractivity contribution in [1.29, 1.82) is 0 Å². The van der Waals surface area contributed by atoms with E-state index in [0.717, 1.165) is 12.1 Å². The third kappa shape index (κ3) is 3.84. The third-order valence-corrected chi connectivity index (χ3v) is 3.30. The molecule has 0 radical (unpaired) electrons. The summed E-state index contributed by atoms with van der Waals surface area (Å²) in [6.45, 7) is 0. The van der Waals surface area contributed by atoms with E-state index in [4.69, 9.17) is 10.8 Å². The molecule has 0 aliphatic heterocycles. The lowest BCUT2D eigenvalue weighted by molar-refractivity contribution is -0.138. The minimum atomic E-state index is -9.67. The number of carbonyl (C=O) groups is 1. The maximum absolute atomic E-state index is 12.4. The predicted octanol–water partition coefficient (Wildman–Crippen LogP) is 3.30. The van der Waals surface area contributed by atoms with Crippen molar-refractivity contribution in [2.24, 2.45) is 5.73 Å². The first-order valence-electron chi connectivity index (χ1n) is 4.61. The zero-order valence-corrected chi connectivity index (χ0v) is 9.64. The molecular formula is C9H10F5NO2S. The second-order valence-electron chi connectivity index (χ2n) is 3.76. The van der Waals surface area contributed by atoms with Crippen molar-refractivity contribution >= 4 is 16.2 Å². The summed E-state index contributed by atoms with van der Waals surface area (Å²) in [6, 6.07) is 0.735. The molecule has 0 aliphatic carbocycles. The van der Waals surface area contributed by atoms with Gasteiger partial charge in [-0.25, -0.2) is 0 Å². The fourth-order valence-electron chi connectivity index (χ4n) is 1.22. The lowest BCUT2D eigenvalue weighted by Crippen LogP contribution is -2.32. The van der Waals surface area contributed by atoms with E-state index in [2.05, 4.69) is 0 Å². The molecule has 0 saturated heterocycles. The Balaban J connectivity index is 2.99. The summed E-state index contributed by atoms with van der Waals surface area (Å²) in [4.78, 5) is 8.40. The van der Waals surface area contributed by atoms with Crippen LogP contribution in [-0.2, 0) is 11.2 Å². The monoisotopic (exact) mass is 291 g/mol. The van der Waals surface area contributed by atoms with E-state index >= 15 is 0 Å². The fourth-order valence-corrected chi connectivity index (χ4v) is 1.87. The van der Waals surface area contributed by atoms with Gasteiger partial charge in [0.1, 0.15) is 10.9 Å². The fraction of sp³-hybridized carbons (Fsp3) is 0.222. The highest BCUT2D eigenvalue weighted by Crippen LogP contribution is 3.02. The van der Waals surface area contributed by atoms with Crippen LogP contribution < -0.4 is 5.73 Å². The molecule has 104 valence electrons. The van der Waals surface area contributed by atoms with Gasteiger partial charge in [-0.1, -0.05) is 31.6 Å². The van der Waals surface area contributed by atoms with E-state index in [-0.39, 0.29) is 24.1 Å². The molecule has 0 saturated carbocycles. The maximum Gasteiger partial charge on any atom is 0.320 e. The topological polar surface area (TPSA) is 63.3 Å². The predicted molar refractivity (Wildman–Crippen MR) is 57.2 cm³/mol. The van der Waals surface area contributed by atoms with E-state index < -0.39 is 27.1 Å². The van der Waals surface area contributed by atoms with Gasteiger partial charge in [0.05, 0.1) is 0 Å². The summed E-state index contributed by atoms with van der Waals surface area (Å²) < 4.78 is 61.8. The van der Waals surface area contributed by atoms with Crippen molar-refractivity contribution in [1.82, 2.24) is 0 Å². The van der Waals surface area contributed by atoms with E-state index in [9.17, 15) is 24.2 Å². The van der Waals surface area contributed by atoms with Gasteiger partial charge in [0.2, 0.25) is 0 Å². The Labute approximate surface area is 99.1 Å². The summed E-state index contributed by atoms with van der Waals surface area (Å²) in [5.74, 6) is -1.33. The van der Waals surface area contributed by atoms with Crippen LogP contribution in [0.15, 0.2) is 29.2 Å². The molecular weight excluding hydrogens is 281 g/mol. The zero-order valence-electron chi connectivity index (χ0n) is 8.82. The molecule has 0 heterocycles. The van der Waals surface area contributed by atoms with Crippen molar-refractivity contribution in [2.45, 2.75) is 17.4 Å². The molecule has 1 rings (SSSR count). The van der Waals surface area contributed by atoms with Crippen LogP contribution in [0.2, 0.25) is 0 Å². The number of carboxylic acids is 1. The molecule has 1 aromatic carbocycles. The maximum atomic E-state index is 12.4. The van der Waals surface area contributed by atoms with Crippen LogP contribution in [0.1, 0.15) is 5.56 Å². The second kappa shape index (κ2) is 3.58. The number of benzene rings is 1. The summed E-state index contributed by atoms with van der Waals surface area (Å²) in [5, 5.41) is 8.49. The first kappa shape index (κ1) is 14.7. The highest BCUT2D eigenvalue weighted by Gasteiger charge is 2.65. The van der Waals surface area contributed by atoms with E-state index in [1.54, 1.807) is 0 Å². The van der Waals surface area contributed by atoms with Crippen molar-refractivity contribution < 1.29 is 29.3 Å². The zero-order chi connectivity index (χ0) is 14.3. The highest BCUT2D eigenvalue weighted by atomic mass is 32.5. The van der Waals surface area contributed by atoms with Gasteiger partial charge >= 0.3 is 16.2 Å². The third-order valence-electron chi connectivity index (χ3n) is 2.14. The van der Waals surface area contributed by atoms with Gasteiger partial charge in [-0.05, 0) is 24.1 Å². The van der Waals surface area contributed by atoms with Gasteiger partial charge in [0.25, 0.3) is 0 Å². The Morgan fingerprint density at radius 2 is 1.61 bits per heavy atom. The number of aliphatic carboxylic acids is 1. The second-order valence-corrected chi connectivity index (χ2v) is 6.17. The Bertz CT molecular complexity index is 469. The standard InChI is InChI=1S/C9H10F5NO2S/c10-18(11,12,13,14)7-3-1-6(2-4-7)5-8(15)9(16)17/h1-4,8H,5,15H2,(H,16,17)/t8-/m1/s1. The number of nitrogens with two attached hydrogens (primary N) is 1. The van der Waals surface area contributed by atoms with Crippen LogP contribution in [0.3, 0.4) is 0 Å². The van der Waals surface area contributed by atoms with E-state index in [1.807, 2.05) is 0 Å². The smallest absolute Gasteiger partial charge is 0.320 e. The molecule has 1 aromatic rings. The van der Waals surface area contributed by atoms with Crippen LogP contribution in [0.4, 0.5) is 19.4 Å². The molecule has 0 amide bonds. The largest absolute Gasteiger partial charge is 0.480 e. The molecule has 0 unspecified atom stereocenters. The van der Waals surface area contributed by atoms with Crippen LogP contribution in [0.25, 0.3) is 0 Å². The lowest BCUT2D eigenvalue weighted by Gasteiger charge is -2.40. The molecule has 0 aromatic heterocycles. The van der Waals surface area contributed by atoms with Gasteiger partial charge in [-0.2, -0.15) is 0 Å². The average molecular weight is 291 g/mol. The number of hydrogen-bond acceptors (Lipinski definition) is 2. The van der Waals surface area contributed by atoms with Crippen LogP contribution in [-0.4, -0.2) is 17.1 Å². The first-order chi connectivity index (χ1) is 7.79. The number of carboxylic acid groups (broad SMARTS) is 1. The van der Waals surface area contributed by atoms with Crippen LogP contribution in [0, 0.1) is 0 Å². The average Bonchev–Trinajstić information content (AvgIpc) is 2.14. The quantitative estimate of drug-likeness (QED) is 0.837. The molecule has 1 atom stereocenters. The molecule has 18 heavy (non-hydrogen) atoms. The van der Waals surface area contributed by atoms with Crippen molar-refractivity contribution in [3.8, 4) is 0 Å². The van der Waals surface area contributed by atoms with Crippen molar-refractivity contribution in [3.63, 3.8) is 0 Å². The van der Waals surface area contributed by atoms with Gasteiger partial charge in [-0.3, -0.25) is 4.79 Å². The minimum Gasteiger partial charge on any atom is -0.480 e. The molecule has 0 aliphatic rings. The summed E-state index contributed by atoms with van der Waals surface area (Å²) >= 11 is 0.